The van der Waals surface area contributed by atoms with Crippen LogP contribution in [0.3, 0.4) is 0 Å². The molecule has 1 heterocycles. The summed E-state index contributed by atoms with van der Waals surface area (Å²) in [4.78, 5) is 48.4. The minimum atomic E-state index is -3.01. The van der Waals surface area contributed by atoms with Crippen molar-refractivity contribution in [1.82, 2.24) is 4.90 Å². The summed E-state index contributed by atoms with van der Waals surface area (Å²) < 4.78 is 25.5. The number of aliphatic hydroxyl groups is 2. The molecule has 0 aromatic heterocycles. The topological polar surface area (TPSA) is 190 Å². The summed E-state index contributed by atoms with van der Waals surface area (Å²) in [5, 5.41) is 37.7. The number of hydrogen-bond acceptors (Lipinski definition) is 12. The molecule has 0 unspecified atom stereocenters. The van der Waals surface area contributed by atoms with Crippen LogP contribution in [-0.4, -0.2) is 95.7 Å². The number of carbonyl (C=O) groups is 3. The second-order valence-corrected chi connectivity index (χ2v) is 15.4. The number of primary amides is 1. The van der Waals surface area contributed by atoms with Crippen molar-refractivity contribution in [3.8, 4) is 17.2 Å². The summed E-state index contributed by atoms with van der Waals surface area (Å²) in [5.74, 6) is -8.27. The molecule has 5 N–H and O–H groups in total. The number of aliphatic imine (C=N–C) groups is 1. The lowest BCUT2D eigenvalue weighted by atomic mass is 9.54. The normalized spacial score (nSPS) is 29.5. The molecule has 2 aromatic rings. The first-order chi connectivity index (χ1) is 25.1. The Labute approximate surface area is 308 Å². The monoisotopic (exact) mass is 731 g/mol. The molecule has 0 radical (unpaired) electrons. The first kappa shape index (κ1) is 36.9. The van der Waals surface area contributed by atoms with Crippen LogP contribution in [0.5, 0.6) is 17.2 Å². The van der Waals surface area contributed by atoms with Crippen LogP contribution >= 0.6 is 0 Å². The van der Waals surface area contributed by atoms with Gasteiger partial charge in [0.2, 0.25) is 11.6 Å². The third-order valence-corrected chi connectivity index (χ3v) is 12.9. The zero-order chi connectivity index (χ0) is 38.6. The van der Waals surface area contributed by atoms with E-state index in [-0.39, 0.29) is 46.6 Å². The Bertz CT molecular complexity index is 2080. The van der Waals surface area contributed by atoms with Crippen LogP contribution in [0, 0.1) is 11.3 Å². The van der Waals surface area contributed by atoms with E-state index in [4.69, 9.17) is 24.7 Å². The zero-order valence-electron chi connectivity index (χ0n) is 31.6. The van der Waals surface area contributed by atoms with Crippen LogP contribution in [0.2, 0.25) is 0 Å². The van der Waals surface area contributed by atoms with Gasteiger partial charge in [-0.05, 0) is 50.3 Å². The molecule has 0 saturated heterocycles. The highest BCUT2D eigenvalue weighted by atomic mass is 16.7. The van der Waals surface area contributed by atoms with Crippen molar-refractivity contribution >= 4 is 34.1 Å². The van der Waals surface area contributed by atoms with Crippen LogP contribution in [-0.2, 0) is 36.7 Å². The van der Waals surface area contributed by atoms with E-state index in [0.717, 1.165) is 37.1 Å². The molecule has 284 valence electrons. The third-order valence-electron chi connectivity index (χ3n) is 12.9. The number of hydrogen-bond donors (Lipinski definition) is 4. The maximum absolute atomic E-state index is 15.1. The summed E-state index contributed by atoms with van der Waals surface area (Å²) in [6.07, 6.45) is 4.37. The van der Waals surface area contributed by atoms with Crippen molar-refractivity contribution in [1.29, 1.82) is 0 Å². The fraction of sp³-hybridized carbons (Fsp3) is 0.550. The highest BCUT2D eigenvalue weighted by molar-refractivity contribution is 6.26. The van der Waals surface area contributed by atoms with E-state index < -0.39 is 63.3 Å². The molecule has 2 aromatic carbocycles. The average molecular weight is 732 g/mol. The predicted octanol–water partition coefficient (Wildman–Crippen LogP) is 4.27. The lowest BCUT2D eigenvalue weighted by Crippen LogP contribution is -2.70. The van der Waals surface area contributed by atoms with Gasteiger partial charge in [-0.2, -0.15) is 0 Å². The standard InChI is InChI=1S/C40H49N3O10/c1-9-23-42-30-32(45)27(36(41)48)35(47)39(49)33(30)40(51-8,53-23)28-20-18-38(19(4)13-12-14-37(38,5)6)29-22(50-7)17-21(52-16-15-43(10-2)11-3)25(24(20)29)31(44)26(28)34(39)46/h13,17,30,33,44,47,49H,9-12,14-16,18H2,1-8H3,(H2,41,48)/t30-,33+,38+,39+,40+/m1/s1. The maximum atomic E-state index is 15.1. The number of Topliss-reactive ketones (excluding diaryl/α,β-unsaturated/α-hetero) is 2. The number of nitrogens with zero attached hydrogens (tertiary/aromatic N) is 2. The van der Waals surface area contributed by atoms with Gasteiger partial charge in [-0.15, -0.1) is 0 Å². The van der Waals surface area contributed by atoms with Crippen LogP contribution in [0.15, 0.2) is 34.0 Å². The second kappa shape index (κ2) is 12.3. The van der Waals surface area contributed by atoms with E-state index in [1.54, 1.807) is 20.1 Å². The SMILES string of the molecule is CCC1=N[C@@H]2C(=O)C(C(N)=O)=C(O)[C@@]3(O)C(=O)c4c(c5c6c(c(OC)cc(OCCN(CC)CC)c6c4O)[C@]4(C5)C(C)=CCCC4(C)C)[C@](OC)(O1)[C@@H]23. The Balaban J connectivity index is 1.66. The van der Waals surface area contributed by atoms with Gasteiger partial charge in [-0.1, -0.05) is 46.3 Å². The van der Waals surface area contributed by atoms with Crippen LogP contribution in [0.25, 0.3) is 10.8 Å². The van der Waals surface area contributed by atoms with Gasteiger partial charge >= 0.3 is 0 Å². The predicted molar refractivity (Wildman–Crippen MR) is 196 cm³/mol. The highest BCUT2D eigenvalue weighted by Gasteiger charge is 2.74. The molecule has 5 aliphatic rings. The zero-order valence-corrected chi connectivity index (χ0v) is 31.6. The molecule has 4 aliphatic carbocycles. The summed E-state index contributed by atoms with van der Waals surface area (Å²) in [5.41, 5.74) is 2.76. The minimum absolute atomic E-state index is 0.0502. The summed E-state index contributed by atoms with van der Waals surface area (Å²) in [7, 11) is 2.90. The molecule has 5 atom stereocenters. The number of benzene rings is 2. The third kappa shape index (κ3) is 4.47. The number of aromatic hydroxyl groups is 1. The Morgan fingerprint density at radius 2 is 1.79 bits per heavy atom. The van der Waals surface area contributed by atoms with E-state index in [2.05, 4.69) is 50.6 Å². The van der Waals surface area contributed by atoms with Gasteiger partial charge in [0, 0.05) is 48.1 Å². The molecule has 7 rings (SSSR count). The van der Waals surface area contributed by atoms with Crippen molar-refractivity contribution < 1.29 is 48.7 Å². The van der Waals surface area contributed by atoms with Gasteiger partial charge < -0.3 is 44.9 Å². The van der Waals surface area contributed by atoms with Gasteiger partial charge in [-0.25, -0.2) is 4.99 Å². The molecular weight excluding hydrogens is 682 g/mol. The molecule has 1 spiro atoms. The van der Waals surface area contributed by atoms with E-state index in [1.807, 2.05) is 0 Å². The van der Waals surface area contributed by atoms with Crippen molar-refractivity contribution in [2.75, 3.05) is 40.5 Å². The van der Waals surface area contributed by atoms with Gasteiger partial charge in [0.25, 0.3) is 5.91 Å². The summed E-state index contributed by atoms with van der Waals surface area (Å²) >= 11 is 0. The van der Waals surface area contributed by atoms with Crippen molar-refractivity contribution in [3.05, 3.63) is 51.3 Å². The summed E-state index contributed by atoms with van der Waals surface area (Å²) in [6.45, 7) is 14.8. The average Bonchev–Trinajstić information content (AvgIpc) is 3.49. The smallest absolute Gasteiger partial charge is 0.255 e. The van der Waals surface area contributed by atoms with Crippen LogP contribution in [0.1, 0.15) is 87.9 Å². The molecule has 13 nitrogen and oxygen atoms in total. The van der Waals surface area contributed by atoms with E-state index in [0.29, 0.717) is 29.7 Å². The van der Waals surface area contributed by atoms with E-state index >= 15 is 4.79 Å². The maximum Gasteiger partial charge on any atom is 0.255 e. The minimum Gasteiger partial charge on any atom is -0.508 e. The molecule has 13 heteroatoms. The Kier molecular flexibility index (Phi) is 8.55. The van der Waals surface area contributed by atoms with Gasteiger partial charge in [0.15, 0.2) is 17.3 Å². The Morgan fingerprint density at radius 1 is 1.09 bits per heavy atom. The number of amides is 1. The summed E-state index contributed by atoms with van der Waals surface area (Å²) in [6, 6.07) is 0.144. The van der Waals surface area contributed by atoms with Crippen molar-refractivity contribution in [3.63, 3.8) is 0 Å². The molecular formula is C40H49N3O10. The number of carbonyl (C=O) groups excluding carboxylic acids is 3. The lowest BCUT2D eigenvalue weighted by molar-refractivity contribution is -0.265. The number of ether oxygens (including phenoxy) is 4. The Morgan fingerprint density at radius 3 is 2.38 bits per heavy atom. The van der Waals surface area contributed by atoms with E-state index in [9.17, 15) is 24.9 Å². The number of phenolic OH excluding ortho intramolecular Hbond substituents is 1. The number of nitrogens with two attached hydrogens (primary N) is 1. The first-order valence-corrected chi connectivity index (χ1v) is 18.4. The van der Waals surface area contributed by atoms with Gasteiger partial charge in [0.05, 0.1) is 18.1 Å². The molecule has 0 bridgehead atoms. The number of aliphatic hydroxyl groups excluding tert-OH is 1. The largest absolute Gasteiger partial charge is 0.508 e. The van der Waals surface area contributed by atoms with Gasteiger partial charge in [-0.3, -0.25) is 14.4 Å². The number of likely N-dealkylation sites (N-methyl/N-ethyl adjacent to an activating group) is 1. The number of rotatable bonds is 10. The molecule has 0 saturated carbocycles. The molecule has 53 heavy (non-hydrogen) atoms. The number of methoxy groups -OCH3 is 2. The number of phenols is 1. The fourth-order valence-electron chi connectivity index (χ4n) is 10.2. The lowest BCUT2D eigenvalue weighted by Gasteiger charge is -2.55. The number of ketones is 2. The van der Waals surface area contributed by atoms with E-state index in [1.165, 1.54) is 7.11 Å². The van der Waals surface area contributed by atoms with Crippen molar-refractivity contribution in [2.24, 2.45) is 22.1 Å². The second-order valence-electron chi connectivity index (χ2n) is 15.4. The quantitative estimate of drug-likeness (QED) is 0.202. The van der Waals surface area contributed by atoms with Crippen molar-refractivity contribution in [2.45, 2.75) is 90.1 Å². The Hall–Kier alpha value is -4.46. The number of allylic oxidation sites excluding steroid dienone is 2. The first-order valence-electron chi connectivity index (χ1n) is 18.4. The highest BCUT2D eigenvalue weighted by Crippen LogP contribution is 2.68. The molecule has 1 aliphatic heterocycles. The fourth-order valence-corrected chi connectivity index (χ4v) is 10.2. The van der Waals surface area contributed by atoms with Crippen LogP contribution < -0.4 is 15.2 Å². The number of fused-ring (bicyclic) bond motifs is 4. The van der Waals surface area contributed by atoms with Gasteiger partial charge in [0.1, 0.15) is 47.1 Å². The molecule has 1 amide bonds. The molecule has 0 fully saturated rings. The van der Waals surface area contributed by atoms with Crippen LogP contribution in [0.4, 0.5) is 0 Å².